The van der Waals surface area contributed by atoms with Gasteiger partial charge in [0.05, 0.1) is 21.6 Å². The maximum absolute atomic E-state index is 6.04. The zero-order valence-electron chi connectivity index (χ0n) is 12.1. The minimum atomic E-state index is 0.204. The van der Waals surface area contributed by atoms with Gasteiger partial charge in [-0.1, -0.05) is 36.7 Å². The molecule has 3 aromatic rings. The second kappa shape index (κ2) is 6.18. The summed E-state index contributed by atoms with van der Waals surface area (Å²) in [5.41, 5.74) is 2.28. The zero-order chi connectivity index (χ0) is 14.8. The highest BCUT2D eigenvalue weighted by Crippen LogP contribution is 2.29. The third kappa shape index (κ3) is 2.98. The van der Waals surface area contributed by atoms with E-state index in [2.05, 4.69) is 42.6 Å². The van der Waals surface area contributed by atoms with Gasteiger partial charge >= 0.3 is 0 Å². The first-order valence-corrected chi connectivity index (χ1v) is 8.27. The standard InChI is InChI=1S/C16H18ClN3S/c1-3-18-13(10-11-8-9-15(17)21-11)16-12-6-4-5-7-14(12)20(2)19-16/h4-9,13,18H,3,10H2,1-2H3. The summed E-state index contributed by atoms with van der Waals surface area (Å²) >= 11 is 7.68. The molecule has 0 bridgehead atoms. The summed E-state index contributed by atoms with van der Waals surface area (Å²) in [5, 5.41) is 9.50. The Morgan fingerprint density at radius 1 is 1.29 bits per heavy atom. The van der Waals surface area contributed by atoms with Crippen LogP contribution in [0.2, 0.25) is 4.34 Å². The summed E-state index contributed by atoms with van der Waals surface area (Å²) in [6, 6.07) is 12.6. The molecule has 0 aliphatic heterocycles. The molecule has 0 saturated heterocycles. The zero-order valence-corrected chi connectivity index (χ0v) is 13.7. The fourth-order valence-electron chi connectivity index (χ4n) is 2.67. The van der Waals surface area contributed by atoms with Gasteiger partial charge in [0.25, 0.3) is 0 Å². The van der Waals surface area contributed by atoms with E-state index in [-0.39, 0.29) is 6.04 Å². The number of aryl methyl sites for hydroxylation is 1. The summed E-state index contributed by atoms with van der Waals surface area (Å²) < 4.78 is 2.79. The fourth-order valence-corrected chi connectivity index (χ4v) is 3.81. The lowest BCUT2D eigenvalue weighted by Crippen LogP contribution is -2.23. The molecule has 1 unspecified atom stereocenters. The van der Waals surface area contributed by atoms with Crippen LogP contribution in [0.3, 0.4) is 0 Å². The van der Waals surface area contributed by atoms with E-state index in [1.807, 2.05) is 17.8 Å². The average molecular weight is 320 g/mol. The third-order valence-corrected chi connectivity index (χ3v) is 4.85. The first kappa shape index (κ1) is 14.6. The Labute approximate surface area is 133 Å². The molecule has 1 atom stereocenters. The Hall–Kier alpha value is -1.36. The Bertz CT molecular complexity index is 747. The van der Waals surface area contributed by atoms with E-state index in [1.165, 1.54) is 15.8 Å². The van der Waals surface area contributed by atoms with Gasteiger partial charge in [0, 0.05) is 23.7 Å². The Morgan fingerprint density at radius 3 is 2.81 bits per heavy atom. The summed E-state index contributed by atoms with van der Waals surface area (Å²) in [7, 11) is 2.00. The molecule has 0 saturated carbocycles. The number of nitrogens with one attached hydrogen (secondary N) is 1. The fraction of sp³-hybridized carbons (Fsp3) is 0.312. The highest BCUT2D eigenvalue weighted by atomic mass is 35.5. The first-order valence-electron chi connectivity index (χ1n) is 7.08. The predicted molar refractivity (Wildman–Crippen MR) is 90.2 cm³/mol. The average Bonchev–Trinajstić information content (AvgIpc) is 3.03. The molecule has 1 aromatic carbocycles. The lowest BCUT2D eigenvalue weighted by atomic mass is 10.1. The molecule has 21 heavy (non-hydrogen) atoms. The van der Waals surface area contributed by atoms with Crippen molar-refractivity contribution in [1.29, 1.82) is 0 Å². The number of fused-ring (bicyclic) bond motifs is 1. The largest absolute Gasteiger partial charge is 0.309 e. The van der Waals surface area contributed by atoms with Gasteiger partial charge in [-0.3, -0.25) is 4.68 Å². The first-order chi connectivity index (χ1) is 10.2. The van der Waals surface area contributed by atoms with E-state index in [1.54, 1.807) is 11.3 Å². The lowest BCUT2D eigenvalue weighted by Gasteiger charge is -2.15. The molecule has 110 valence electrons. The maximum atomic E-state index is 6.04. The van der Waals surface area contributed by atoms with Crippen molar-refractivity contribution in [3.8, 4) is 0 Å². The van der Waals surface area contributed by atoms with Gasteiger partial charge in [-0.25, -0.2) is 0 Å². The number of nitrogens with zero attached hydrogens (tertiary/aromatic N) is 2. The number of hydrogen-bond donors (Lipinski definition) is 1. The highest BCUT2D eigenvalue weighted by molar-refractivity contribution is 7.16. The number of halogens is 1. The summed E-state index contributed by atoms with van der Waals surface area (Å²) in [4.78, 5) is 1.28. The summed E-state index contributed by atoms with van der Waals surface area (Å²) in [6.07, 6.45) is 0.909. The van der Waals surface area contributed by atoms with Crippen molar-refractivity contribution in [1.82, 2.24) is 15.1 Å². The molecule has 0 radical (unpaired) electrons. The lowest BCUT2D eigenvalue weighted by molar-refractivity contribution is 0.534. The predicted octanol–water partition coefficient (Wildman–Crippen LogP) is 4.18. The quantitative estimate of drug-likeness (QED) is 0.764. The van der Waals surface area contributed by atoms with Crippen LogP contribution in [0.15, 0.2) is 36.4 Å². The maximum Gasteiger partial charge on any atom is 0.0931 e. The molecule has 2 heterocycles. The molecule has 2 aromatic heterocycles. The molecule has 0 amide bonds. The van der Waals surface area contributed by atoms with Crippen LogP contribution < -0.4 is 5.32 Å². The van der Waals surface area contributed by atoms with Gasteiger partial charge in [-0.05, 0) is 24.7 Å². The number of para-hydroxylation sites is 1. The van der Waals surface area contributed by atoms with Crippen molar-refractivity contribution in [2.75, 3.05) is 6.54 Å². The molecule has 3 nitrogen and oxygen atoms in total. The van der Waals surface area contributed by atoms with Crippen LogP contribution in [0.1, 0.15) is 23.5 Å². The molecular formula is C16H18ClN3S. The number of likely N-dealkylation sites (N-methyl/N-ethyl adjacent to an activating group) is 1. The second-order valence-electron chi connectivity index (χ2n) is 5.05. The van der Waals surface area contributed by atoms with E-state index >= 15 is 0 Å². The van der Waals surface area contributed by atoms with Gasteiger partial charge in [0.1, 0.15) is 0 Å². The van der Waals surface area contributed by atoms with E-state index in [0.29, 0.717) is 0 Å². The van der Waals surface area contributed by atoms with E-state index in [9.17, 15) is 0 Å². The normalized spacial score (nSPS) is 12.9. The van der Waals surface area contributed by atoms with Crippen LogP contribution >= 0.6 is 22.9 Å². The monoisotopic (exact) mass is 319 g/mol. The summed E-state index contributed by atoms with van der Waals surface area (Å²) in [5.74, 6) is 0. The van der Waals surface area contributed by atoms with Gasteiger partial charge < -0.3 is 5.32 Å². The van der Waals surface area contributed by atoms with Crippen molar-refractivity contribution >= 4 is 33.8 Å². The van der Waals surface area contributed by atoms with E-state index in [0.717, 1.165) is 23.0 Å². The van der Waals surface area contributed by atoms with Crippen LogP contribution in [0.5, 0.6) is 0 Å². The summed E-state index contributed by atoms with van der Waals surface area (Å²) in [6.45, 7) is 3.04. The molecule has 0 spiro atoms. The van der Waals surface area contributed by atoms with Gasteiger partial charge in [0.15, 0.2) is 0 Å². The van der Waals surface area contributed by atoms with Crippen LogP contribution in [-0.2, 0) is 13.5 Å². The van der Waals surface area contributed by atoms with Crippen LogP contribution in [0, 0.1) is 0 Å². The van der Waals surface area contributed by atoms with Crippen molar-refractivity contribution in [2.45, 2.75) is 19.4 Å². The second-order valence-corrected chi connectivity index (χ2v) is 6.85. The molecule has 1 N–H and O–H groups in total. The van der Waals surface area contributed by atoms with E-state index < -0.39 is 0 Å². The SMILES string of the molecule is CCNC(Cc1ccc(Cl)s1)c1nn(C)c2ccccc12. The highest BCUT2D eigenvalue weighted by Gasteiger charge is 2.19. The number of hydrogen-bond acceptors (Lipinski definition) is 3. The topological polar surface area (TPSA) is 29.9 Å². The van der Waals surface area contributed by atoms with Gasteiger partial charge in [-0.15, -0.1) is 11.3 Å². The van der Waals surface area contributed by atoms with Crippen LogP contribution in [0.4, 0.5) is 0 Å². The number of benzene rings is 1. The van der Waals surface area contributed by atoms with Crippen LogP contribution in [0.25, 0.3) is 10.9 Å². The molecule has 5 heteroatoms. The minimum Gasteiger partial charge on any atom is -0.309 e. The molecule has 0 aliphatic rings. The number of thiophene rings is 1. The Morgan fingerprint density at radius 2 is 2.10 bits per heavy atom. The van der Waals surface area contributed by atoms with Crippen LogP contribution in [-0.4, -0.2) is 16.3 Å². The molecular weight excluding hydrogens is 302 g/mol. The minimum absolute atomic E-state index is 0.204. The molecule has 0 fully saturated rings. The van der Waals surface area contributed by atoms with E-state index in [4.69, 9.17) is 16.7 Å². The van der Waals surface area contributed by atoms with Crippen molar-refractivity contribution in [3.05, 3.63) is 51.3 Å². The molecule has 0 aliphatic carbocycles. The number of rotatable bonds is 5. The van der Waals surface area contributed by atoms with Gasteiger partial charge in [-0.2, -0.15) is 5.10 Å². The number of aromatic nitrogens is 2. The Balaban J connectivity index is 1.99. The van der Waals surface area contributed by atoms with Crippen molar-refractivity contribution < 1.29 is 0 Å². The van der Waals surface area contributed by atoms with Crippen molar-refractivity contribution in [2.24, 2.45) is 7.05 Å². The Kier molecular flexibility index (Phi) is 4.29. The smallest absolute Gasteiger partial charge is 0.0931 e. The third-order valence-electron chi connectivity index (χ3n) is 3.60. The van der Waals surface area contributed by atoms with Crippen molar-refractivity contribution in [3.63, 3.8) is 0 Å². The van der Waals surface area contributed by atoms with Gasteiger partial charge in [0.2, 0.25) is 0 Å². The molecule has 3 rings (SSSR count).